The van der Waals surface area contributed by atoms with E-state index in [9.17, 15) is 35.1 Å². The maximum atomic E-state index is 13.1. The predicted octanol–water partition coefficient (Wildman–Crippen LogP) is 1.99. The molecule has 1 aromatic heterocycles. The molecule has 0 amide bonds. The minimum Gasteiger partial charge on any atom is -0.508 e. The summed E-state index contributed by atoms with van der Waals surface area (Å²) in [7, 11) is 1.29. The van der Waals surface area contributed by atoms with Gasteiger partial charge >= 0.3 is 5.97 Å². The summed E-state index contributed by atoms with van der Waals surface area (Å²) in [5, 5.41) is 51.9. The number of aliphatic hydroxyl groups excluding tert-OH is 3. The second kappa shape index (κ2) is 11.0. The van der Waals surface area contributed by atoms with E-state index in [1.54, 1.807) is 13.8 Å². The molecule has 11 nitrogen and oxygen atoms in total. The Morgan fingerprint density at radius 2 is 1.79 bits per heavy atom. The van der Waals surface area contributed by atoms with Crippen LogP contribution in [0.3, 0.4) is 0 Å². The molecule has 3 aromatic rings. The number of phenolic OH excluding ortho intramolecular Hbond substituents is 2. The third-order valence-electron chi connectivity index (χ3n) is 6.77. The lowest BCUT2D eigenvalue weighted by Gasteiger charge is -2.42. The zero-order chi connectivity index (χ0) is 27.7. The van der Waals surface area contributed by atoms with Crippen LogP contribution < -0.4 is 10.2 Å². The number of carbonyl (C=O) groups excluding carboxylic acids is 1. The molecule has 0 spiro atoms. The van der Waals surface area contributed by atoms with Crippen molar-refractivity contribution in [3.8, 4) is 28.6 Å². The van der Waals surface area contributed by atoms with Crippen LogP contribution in [-0.4, -0.2) is 69.6 Å². The number of hydrogen-bond acceptors (Lipinski definition) is 11. The molecular formula is C27H30O11. The summed E-state index contributed by atoms with van der Waals surface area (Å²) < 4.78 is 22.8. The van der Waals surface area contributed by atoms with Crippen molar-refractivity contribution in [2.24, 2.45) is 5.92 Å². The Kier molecular flexibility index (Phi) is 7.93. The zero-order valence-corrected chi connectivity index (χ0v) is 21.0. The molecule has 1 fully saturated rings. The van der Waals surface area contributed by atoms with Crippen LogP contribution in [-0.2, 0) is 14.3 Å². The summed E-state index contributed by atoms with van der Waals surface area (Å²) in [6.45, 7) is 2.74. The summed E-state index contributed by atoms with van der Waals surface area (Å²) in [5.74, 6) is -1.56. The molecule has 38 heavy (non-hydrogen) atoms. The number of aromatic hydroxyl groups is 2. The highest BCUT2D eigenvalue weighted by atomic mass is 16.6. The Morgan fingerprint density at radius 1 is 1.11 bits per heavy atom. The fourth-order valence-electron chi connectivity index (χ4n) is 4.40. The molecule has 0 aliphatic carbocycles. The first-order valence-electron chi connectivity index (χ1n) is 12.1. The van der Waals surface area contributed by atoms with E-state index in [1.165, 1.54) is 37.4 Å². The molecule has 2 aromatic carbocycles. The van der Waals surface area contributed by atoms with Gasteiger partial charge in [-0.3, -0.25) is 9.59 Å². The number of methoxy groups -OCH3 is 1. The smallest absolute Gasteiger partial charge is 0.309 e. The molecular weight excluding hydrogens is 500 g/mol. The molecule has 0 bridgehead atoms. The topological polar surface area (TPSA) is 176 Å². The van der Waals surface area contributed by atoms with Gasteiger partial charge in [0.05, 0.1) is 25.2 Å². The van der Waals surface area contributed by atoms with Crippen molar-refractivity contribution in [3.05, 3.63) is 52.2 Å². The SMILES string of the molecule is CCC(C)C(=O)O[C@@H]1[C@@H](O)[C@H](c2c(OC)cc(O)c3c(=O)cc(-c4ccc(O)cc4)oc23)O[C@H](CO)[C@H]1O. The average Bonchev–Trinajstić information content (AvgIpc) is 2.90. The van der Waals surface area contributed by atoms with E-state index < -0.39 is 60.2 Å². The standard InChI is InChI=1S/C27H30O11/c1-4-12(2)27(34)38-26-22(32)19(11-28)37-25(23(26)33)21-18(35-3)10-16(31)20-15(30)9-17(36-24(20)21)13-5-7-14(29)8-6-13/h5-10,12,19,22-23,25-26,28-29,31-33H,4,11H2,1-3H3/t12?,19-,22-,23+,25+,26+/m1/s1. The molecule has 1 unspecified atom stereocenters. The van der Waals surface area contributed by atoms with Crippen molar-refractivity contribution < 1.29 is 49.0 Å². The first-order chi connectivity index (χ1) is 18.1. The number of aliphatic hydroxyl groups is 3. The molecule has 1 saturated heterocycles. The third kappa shape index (κ3) is 4.93. The Hall–Kier alpha value is -3.64. The summed E-state index contributed by atoms with van der Waals surface area (Å²) in [4.78, 5) is 25.6. The molecule has 1 aliphatic rings. The van der Waals surface area contributed by atoms with Gasteiger partial charge in [-0.25, -0.2) is 0 Å². The number of esters is 1. The summed E-state index contributed by atoms with van der Waals surface area (Å²) in [5.41, 5.74) is -0.356. The Labute approximate surface area is 217 Å². The van der Waals surface area contributed by atoms with Gasteiger partial charge in [-0.2, -0.15) is 0 Å². The van der Waals surface area contributed by atoms with Crippen LogP contribution in [0, 0.1) is 5.92 Å². The normalized spacial score (nSPS) is 24.2. The lowest BCUT2D eigenvalue weighted by Crippen LogP contribution is -2.57. The molecule has 0 radical (unpaired) electrons. The van der Waals surface area contributed by atoms with Gasteiger partial charge in [-0.05, 0) is 30.7 Å². The monoisotopic (exact) mass is 530 g/mol. The van der Waals surface area contributed by atoms with Gasteiger partial charge in [0.2, 0.25) is 0 Å². The summed E-state index contributed by atoms with van der Waals surface area (Å²) in [6.07, 6.45) is -6.96. The van der Waals surface area contributed by atoms with Crippen molar-refractivity contribution in [2.45, 2.75) is 50.8 Å². The molecule has 11 heteroatoms. The van der Waals surface area contributed by atoms with Crippen molar-refractivity contribution >= 4 is 16.9 Å². The number of phenols is 2. The predicted molar refractivity (Wildman–Crippen MR) is 134 cm³/mol. The highest BCUT2D eigenvalue weighted by Gasteiger charge is 2.49. The number of ether oxygens (including phenoxy) is 3. The summed E-state index contributed by atoms with van der Waals surface area (Å²) in [6, 6.07) is 8.17. The van der Waals surface area contributed by atoms with Gasteiger partial charge in [-0.1, -0.05) is 13.8 Å². The van der Waals surface area contributed by atoms with Crippen LogP contribution in [0.5, 0.6) is 17.2 Å². The van der Waals surface area contributed by atoms with Gasteiger partial charge in [0.1, 0.15) is 52.8 Å². The second-order valence-corrected chi connectivity index (χ2v) is 9.21. The number of benzene rings is 2. The second-order valence-electron chi connectivity index (χ2n) is 9.21. The van der Waals surface area contributed by atoms with Gasteiger partial charge in [0, 0.05) is 17.7 Å². The van der Waals surface area contributed by atoms with E-state index >= 15 is 0 Å². The fraction of sp³-hybridized carbons (Fsp3) is 0.407. The maximum Gasteiger partial charge on any atom is 0.309 e. The van der Waals surface area contributed by atoms with E-state index in [4.69, 9.17) is 18.6 Å². The minimum absolute atomic E-state index is 0.000433. The van der Waals surface area contributed by atoms with Crippen LogP contribution in [0.15, 0.2) is 45.6 Å². The van der Waals surface area contributed by atoms with Crippen molar-refractivity contribution in [1.29, 1.82) is 0 Å². The van der Waals surface area contributed by atoms with E-state index in [2.05, 4.69) is 0 Å². The average molecular weight is 531 g/mol. The number of fused-ring (bicyclic) bond motifs is 1. The summed E-state index contributed by atoms with van der Waals surface area (Å²) >= 11 is 0. The van der Waals surface area contributed by atoms with Gasteiger partial charge in [0.25, 0.3) is 0 Å². The third-order valence-corrected chi connectivity index (χ3v) is 6.77. The van der Waals surface area contributed by atoms with Crippen LogP contribution in [0.25, 0.3) is 22.3 Å². The number of hydrogen-bond donors (Lipinski definition) is 5. The number of carbonyl (C=O) groups is 1. The van der Waals surface area contributed by atoms with Crippen LogP contribution >= 0.6 is 0 Å². The van der Waals surface area contributed by atoms with Gasteiger partial charge in [-0.15, -0.1) is 0 Å². The minimum atomic E-state index is -1.68. The van der Waals surface area contributed by atoms with Crippen molar-refractivity contribution in [2.75, 3.05) is 13.7 Å². The number of rotatable bonds is 7. The highest BCUT2D eigenvalue weighted by Crippen LogP contribution is 2.44. The Morgan fingerprint density at radius 3 is 2.39 bits per heavy atom. The molecule has 5 N–H and O–H groups in total. The fourth-order valence-corrected chi connectivity index (χ4v) is 4.40. The van der Waals surface area contributed by atoms with Gasteiger partial charge in [0.15, 0.2) is 17.1 Å². The maximum absolute atomic E-state index is 13.1. The molecule has 4 rings (SSSR count). The lowest BCUT2D eigenvalue weighted by molar-refractivity contribution is -0.242. The zero-order valence-electron chi connectivity index (χ0n) is 21.0. The van der Waals surface area contributed by atoms with Crippen LogP contribution in [0.2, 0.25) is 0 Å². The molecule has 2 heterocycles. The first-order valence-corrected chi connectivity index (χ1v) is 12.1. The van der Waals surface area contributed by atoms with E-state index in [1.807, 2.05) is 0 Å². The van der Waals surface area contributed by atoms with E-state index in [0.29, 0.717) is 12.0 Å². The van der Waals surface area contributed by atoms with E-state index in [0.717, 1.165) is 6.07 Å². The van der Waals surface area contributed by atoms with Gasteiger partial charge < -0.3 is 44.2 Å². The van der Waals surface area contributed by atoms with Crippen molar-refractivity contribution in [3.63, 3.8) is 0 Å². The largest absolute Gasteiger partial charge is 0.508 e. The molecule has 6 atom stereocenters. The van der Waals surface area contributed by atoms with Crippen molar-refractivity contribution in [1.82, 2.24) is 0 Å². The molecule has 1 aliphatic heterocycles. The molecule has 204 valence electrons. The first kappa shape index (κ1) is 27.4. The lowest BCUT2D eigenvalue weighted by atomic mass is 9.89. The Balaban J connectivity index is 1.92. The van der Waals surface area contributed by atoms with E-state index in [-0.39, 0.29) is 33.8 Å². The van der Waals surface area contributed by atoms with Crippen LogP contribution in [0.1, 0.15) is 31.9 Å². The quantitative estimate of drug-likeness (QED) is 0.282. The highest BCUT2D eigenvalue weighted by molar-refractivity contribution is 5.89. The molecule has 0 saturated carbocycles. The van der Waals surface area contributed by atoms with Crippen LogP contribution in [0.4, 0.5) is 0 Å². The Bertz CT molecular complexity index is 1360.